The summed E-state index contributed by atoms with van der Waals surface area (Å²) in [5.74, 6) is 0.410. The summed E-state index contributed by atoms with van der Waals surface area (Å²) in [6.45, 7) is 8.66. The van der Waals surface area contributed by atoms with Gasteiger partial charge >= 0.3 is 6.09 Å². The minimum atomic E-state index is -0.361. The molecule has 2 fully saturated rings. The number of ether oxygens (including phenoxy) is 1. The van der Waals surface area contributed by atoms with Crippen molar-refractivity contribution >= 4 is 33.1 Å². The second-order valence-corrected chi connectivity index (χ2v) is 10.6. The van der Waals surface area contributed by atoms with Crippen LogP contribution in [0.15, 0.2) is 22.9 Å². The summed E-state index contributed by atoms with van der Waals surface area (Å²) in [6, 6.07) is 5.91. The molecule has 1 aliphatic heterocycles. The molecule has 2 atom stereocenters. The number of hydrogen-bond donors (Lipinski definition) is 0. The minimum Gasteiger partial charge on any atom is -0.441 e. The highest BCUT2D eigenvalue weighted by molar-refractivity contribution is 9.10. The van der Waals surface area contributed by atoms with Crippen molar-refractivity contribution in [2.45, 2.75) is 58.6 Å². The lowest BCUT2D eigenvalue weighted by atomic mass is 9.77. The van der Waals surface area contributed by atoms with Gasteiger partial charge in [-0.25, -0.2) is 9.78 Å². The predicted octanol–water partition coefficient (Wildman–Crippen LogP) is 5.10. The minimum absolute atomic E-state index is 0.0557. The van der Waals surface area contributed by atoms with E-state index in [-0.39, 0.29) is 17.1 Å². The molecule has 7 heteroatoms. The summed E-state index contributed by atoms with van der Waals surface area (Å²) >= 11 is 3.52. The van der Waals surface area contributed by atoms with Gasteiger partial charge in [0, 0.05) is 17.6 Å². The highest BCUT2D eigenvalue weighted by Gasteiger charge is 2.48. The average Bonchev–Trinajstić information content (AvgIpc) is 3.15. The van der Waals surface area contributed by atoms with E-state index in [1.54, 1.807) is 6.07 Å². The van der Waals surface area contributed by atoms with E-state index < -0.39 is 0 Å². The topological polar surface area (TPSA) is 71.2 Å². The van der Waals surface area contributed by atoms with Crippen molar-refractivity contribution in [3.8, 4) is 6.07 Å². The van der Waals surface area contributed by atoms with E-state index in [0.29, 0.717) is 18.0 Å². The maximum Gasteiger partial charge on any atom is 0.410 e. The summed E-state index contributed by atoms with van der Waals surface area (Å²) in [6.07, 6.45) is 5.65. The van der Waals surface area contributed by atoms with Gasteiger partial charge in [0.1, 0.15) is 11.1 Å². The van der Waals surface area contributed by atoms with Crippen LogP contribution in [0.5, 0.6) is 0 Å². The van der Waals surface area contributed by atoms with E-state index in [4.69, 9.17) is 4.74 Å². The Kier molecular flexibility index (Phi) is 5.10. The van der Waals surface area contributed by atoms with E-state index in [2.05, 4.69) is 52.3 Å². The molecule has 1 aromatic heterocycles. The first-order valence-corrected chi connectivity index (χ1v) is 11.0. The normalized spacial score (nSPS) is 24.9. The Hall–Kier alpha value is -2.07. The predicted molar refractivity (Wildman–Crippen MR) is 114 cm³/mol. The number of halogens is 1. The third-order valence-electron chi connectivity index (χ3n) is 5.87. The maximum absolute atomic E-state index is 12.5. The van der Waals surface area contributed by atoms with E-state index in [1.165, 1.54) is 0 Å². The molecule has 1 aliphatic carbocycles. The fraction of sp³-hybridized carbons (Fsp3) is 0.591. The number of nitrogens with zero attached hydrogens (tertiary/aromatic N) is 4. The Morgan fingerprint density at radius 2 is 2.21 bits per heavy atom. The largest absolute Gasteiger partial charge is 0.441 e. The van der Waals surface area contributed by atoms with Crippen LogP contribution < -0.4 is 0 Å². The van der Waals surface area contributed by atoms with Crippen molar-refractivity contribution < 1.29 is 9.53 Å². The molecule has 4 rings (SSSR count). The molecule has 1 amide bonds. The number of hydrogen-bond acceptors (Lipinski definition) is 4. The number of rotatable bonds is 3. The zero-order valence-corrected chi connectivity index (χ0v) is 18.8. The maximum atomic E-state index is 12.5. The van der Waals surface area contributed by atoms with Crippen LogP contribution in [0.3, 0.4) is 0 Å². The van der Waals surface area contributed by atoms with Crippen LogP contribution in [0.2, 0.25) is 0 Å². The summed E-state index contributed by atoms with van der Waals surface area (Å²) in [7, 11) is 0. The lowest BCUT2D eigenvalue weighted by Gasteiger charge is -2.36. The van der Waals surface area contributed by atoms with Gasteiger partial charge in [0.05, 0.1) is 30.0 Å². The zero-order valence-electron chi connectivity index (χ0n) is 17.2. The summed E-state index contributed by atoms with van der Waals surface area (Å²) < 4.78 is 8.93. The number of aromatic nitrogens is 2. The van der Waals surface area contributed by atoms with Gasteiger partial charge in [0.2, 0.25) is 0 Å². The highest BCUT2D eigenvalue weighted by Crippen LogP contribution is 2.41. The number of nitriles is 1. The van der Waals surface area contributed by atoms with Gasteiger partial charge < -0.3 is 14.2 Å². The molecule has 1 saturated heterocycles. The fourth-order valence-corrected chi connectivity index (χ4v) is 5.38. The molecule has 2 aromatic rings. The van der Waals surface area contributed by atoms with Gasteiger partial charge in [-0.2, -0.15) is 5.26 Å². The Labute approximate surface area is 180 Å². The molecule has 1 saturated carbocycles. The molecule has 0 radical (unpaired) electrons. The van der Waals surface area contributed by atoms with Gasteiger partial charge in [-0.05, 0) is 65.1 Å². The molecule has 0 bridgehead atoms. The molecule has 0 N–H and O–H groups in total. The number of benzene rings is 1. The molecule has 6 nitrogen and oxygen atoms in total. The first-order chi connectivity index (χ1) is 13.7. The Morgan fingerprint density at radius 1 is 1.41 bits per heavy atom. The third kappa shape index (κ3) is 4.13. The molecular weight excluding hydrogens is 432 g/mol. The molecule has 154 valence electrons. The van der Waals surface area contributed by atoms with Crippen LogP contribution in [-0.2, 0) is 11.3 Å². The van der Waals surface area contributed by atoms with Crippen molar-refractivity contribution in [1.29, 1.82) is 5.26 Å². The van der Waals surface area contributed by atoms with Crippen molar-refractivity contribution in [1.82, 2.24) is 14.5 Å². The van der Waals surface area contributed by atoms with Gasteiger partial charge in [-0.3, -0.25) is 0 Å². The summed E-state index contributed by atoms with van der Waals surface area (Å²) in [5.41, 5.74) is 2.15. The lowest BCUT2D eigenvalue weighted by Crippen LogP contribution is -2.41. The molecule has 2 heterocycles. The summed E-state index contributed by atoms with van der Waals surface area (Å²) in [4.78, 5) is 18.9. The Bertz CT molecular complexity index is 987. The van der Waals surface area contributed by atoms with Crippen LogP contribution >= 0.6 is 15.9 Å². The van der Waals surface area contributed by atoms with Gasteiger partial charge in [-0.15, -0.1) is 0 Å². The van der Waals surface area contributed by atoms with Gasteiger partial charge in [-0.1, -0.05) is 20.8 Å². The smallest absolute Gasteiger partial charge is 0.410 e. The first kappa shape index (κ1) is 20.2. The van der Waals surface area contributed by atoms with E-state index >= 15 is 0 Å². The molecule has 1 aromatic carbocycles. The molecular formula is C22H27BrN4O2. The monoisotopic (exact) mass is 458 g/mol. The highest BCUT2D eigenvalue weighted by atomic mass is 79.9. The van der Waals surface area contributed by atoms with Crippen LogP contribution in [-0.4, -0.2) is 39.2 Å². The fourth-order valence-electron chi connectivity index (χ4n) is 4.83. The van der Waals surface area contributed by atoms with Crippen LogP contribution in [0.1, 0.15) is 52.0 Å². The van der Waals surface area contributed by atoms with Crippen molar-refractivity contribution in [3.63, 3.8) is 0 Å². The average molecular weight is 459 g/mol. The quantitative estimate of drug-likeness (QED) is 0.641. The van der Waals surface area contributed by atoms with Crippen LogP contribution in [0.25, 0.3) is 11.0 Å². The summed E-state index contributed by atoms with van der Waals surface area (Å²) in [5, 5.41) is 9.29. The van der Waals surface area contributed by atoms with Crippen LogP contribution in [0.4, 0.5) is 4.79 Å². The van der Waals surface area contributed by atoms with Crippen LogP contribution in [0, 0.1) is 22.7 Å². The second kappa shape index (κ2) is 7.32. The van der Waals surface area contributed by atoms with E-state index in [1.807, 2.05) is 17.3 Å². The number of amides is 1. The first-order valence-electron chi connectivity index (χ1n) is 10.2. The molecule has 0 unspecified atom stereocenters. The Morgan fingerprint density at radius 3 is 2.93 bits per heavy atom. The molecule has 29 heavy (non-hydrogen) atoms. The SMILES string of the molecule is CC(C)(C)CN1C[C@@]2(CCC[C@H](Cn3cnc4c(Br)cc(C#N)cc43)C2)OC1=O. The van der Waals surface area contributed by atoms with Gasteiger partial charge in [0.15, 0.2) is 0 Å². The number of carbonyl (C=O) groups excluding carboxylic acids is 1. The second-order valence-electron chi connectivity index (χ2n) is 9.76. The molecule has 2 aliphatic rings. The standard InChI is InChI=1S/C22H27BrN4O2/c1-21(2,3)12-27-13-22(29-20(27)28)6-4-5-15(9-22)11-26-14-25-19-17(23)7-16(10-24)8-18(19)26/h7-8,14-15H,4-6,9,11-13H2,1-3H3/t15-,22-/m0/s1. The van der Waals surface area contributed by atoms with E-state index in [0.717, 1.165) is 54.3 Å². The lowest BCUT2D eigenvalue weighted by molar-refractivity contribution is 0.00413. The number of carbonyl (C=O) groups is 1. The molecule has 1 spiro atoms. The van der Waals surface area contributed by atoms with Gasteiger partial charge in [0.25, 0.3) is 0 Å². The Balaban J connectivity index is 1.52. The third-order valence-corrected chi connectivity index (χ3v) is 6.48. The number of fused-ring (bicyclic) bond motifs is 1. The zero-order chi connectivity index (χ0) is 20.8. The van der Waals surface area contributed by atoms with E-state index in [9.17, 15) is 10.1 Å². The van der Waals surface area contributed by atoms with Crippen molar-refractivity contribution in [3.05, 3.63) is 28.5 Å². The number of imidazole rings is 1. The van der Waals surface area contributed by atoms with Crippen molar-refractivity contribution in [2.24, 2.45) is 11.3 Å². The van der Waals surface area contributed by atoms with Crippen molar-refractivity contribution in [2.75, 3.05) is 13.1 Å².